The normalized spacial score (nSPS) is 10.7. The van der Waals surface area contributed by atoms with Crippen LogP contribution in [0.2, 0.25) is 0 Å². The van der Waals surface area contributed by atoms with Crippen molar-refractivity contribution in [3.05, 3.63) is 40.4 Å². The molecular weight excluding hydrogens is 302 g/mol. The zero-order valence-electron chi connectivity index (χ0n) is 12.4. The van der Waals surface area contributed by atoms with Crippen LogP contribution >= 0.6 is 0 Å². The van der Waals surface area contributed by atoms with Crippen LogP contribution in [0.3, 0.4) is 0 Å². The van der Waals surface area contributed by atoms with E-state index in [1.807, 2.05) is 0 Å². The summed E-state index contributed by atoms with van der Waals surface area (Å²) in [5.41, 5.74) is 1.73. The lowest BCUT2D eigenvalue weighted by Crippen LogP contribution is -1.91. The van der Waals surface area contributed by atoms with E-state index in [0.717, 1.165) is 0 Å². The number of aromatic hydroxyl groups is 1. The van der Waals surface area contributed by atoms with Crippen LogP contribution < -0.4 is 9.47 Å². The van der Waals surface area contributed by atoms with E-state index < -0.39 is 4.92 Å². The van der Waals surface area contributed by atoms with Crippen molar-refractivity contribution in [3.8, 4) is 28.6 Å². The summed E-state index contributed by atoms with van der Waals surface area (Å²) in [6.07, 6.45) is 0. The summed E-state index contributed by atoms with van der Waals surface area (Å²) in [5.74, 6) is 0.860. The predicted molar refractivity (Wildman–Crippen MR) is 83.0 cm³/mol. The minimum Gasteiger partial charge on any atom is -0.502 e. The van der Waals surface area contributed by atoms with Crippen LogP contribution in [0.15, 0.2) is 30.3 Å². The van der Waals surface area contributed by atoms with Gasteiger partial charge in [0.2, 0.25) is 5.75 Å². The first-order valence-corrected chi connectivity index (χ1v) is 6.63. The number of benzene rings is 2. The van der Waals surface area contributed by atoms with Crippen LogP contribution in [0.5, 0.6) is 17.2 Å². The van der Waals surface area contributed by atoms with Crippen LogP contribution in [-0.4, -0.2) is 34.2 Å². The third kappa shape index (κ3) is 2.50. The highest BCUT2D eigenvalue weighted by Crippen LogP contribution is 2.40. The lowest BCUT2D eigenvalue weighted by molar-refractivity contribution is -0.384. The van der Waals surface area contributed by atoms with Crippen molar-refractivity contribution in [1.82, 2.24) is 9.97 Å². The molecule has 1 heterocycles. The van der Waals surface area contributed by atoms with E-state index >= 15 is 0 Å². The minimum absolute atomic E-state index is 0.0311. The Hall–Kier alpha value is -3.29. The van der Waals surface area contributed by atoms with Crippen molar-refractivity contribution in [2.75, 3.05) is 14.2 Å². The van der Waals surface area contributed by atoms with Crippen molar-refractivity contribution in [1.29, 1.82) is 0 Å². The van der Waals surface area contributed by atoms with E-state index in [2.05, 4.69) is 9.97 Å². The number of hydrogen-bond acceptors (Lipinski definition) is 6. The summed E-state index contributed by atoms with van der Waals surface area (Å²) in [7, 11) is 2.86. The summed E-state index contributed by atoms with van der Waals surface area (Å²) in [5, 5.41) is 20.8. The number of non-ortho nitro benzene ring substituents is 1. The Morgan fingerprint density at radius 2 is 1.83 bits per heavy atom. The van der Waals surface area contributed by atoms with Gasteiger partial charge in [0.1, 0.15) is 5.82 Å². The molecule has 0 aliphatic rings. The highest BCUT2D eigenvalue weighted by molar-refractivity contribution is 5.82. The number of fused-ring (bicyclic) bond motifs is 1. The van der Waals surface area contributed by atoms with Gasteiger partial charge >= 0.3 is 0 Å². The Labute approximate surface area is 130 Å². The summed E-state index contributed by atoms with van der Waals surface area (Å²) < 4.78 is 10.2. The van der Waals surface area contributed by atoms with Crippen molar-refractivity contribution in [2.45, 2.75) is 0 Å². The zero-order chi connectivity index (χ0) is 16.6. The number of nitrogens with one attached hydrogen (secondary N) is 1. The molecule has 2 N–H and O–H groups in total. The highest BCUT2D eigenvalue weighted by Gasteiger charge is 2.15. The van der Waals surface area contributed by atoms with Crippen molar-refractivity contribution in [2.24, 2.45) is 0 Å². The number of H-pyrrole nitrogens is 1. The average Bonchev–Trinajstić information content (AvgIpc) is 2.98. The van der Waals surface area contributed by atoms with Crippen LogP contribution in [0.1, 0.15) is 0 Å². The molecule has 0 saturated heterocycles. The number of phenols is 1. The Morgan fingerprint density at radius 3 is 2.39 bits per heavy atom. The molecule has 0 bridgehead atoms. The van der Waals surface area contributed by atoms with Crippen molar-refractivity contribution in [3.63, 3.8) is 0 Å². The second-order valence-electron chi connectivity index (χ2n) is 4.77. The van der Waals surface area contributed by atoms with Crippen molar-refractivity contribution < 1.29 is 19.5 Å². The SMILES string of the molecule is COc1cc(-c2nc3cc([N+](=O)[O-])ccc3[nH]2)cc(OC)c1O. The maximum atomic E-state index is 10.8. The Morgan fingerprint density at radius 1 is 1.17 bits per heavy atom. The van der Waals surface area contributed by atoms with Crippen LogP contribution in [0, 0.1) is 10.1 Å². The summed E-state index contributed by atoms with van der Waals surface area (Å²) in [4.78, 5) is 17.8. The molecule has 3 aromatic rings. The van der Waals surface area contributed by atoms with E-state index in [9.17, 15) is 15.2 Å². The lowest BCUT2D eigenvalue weighted by Gasteiger charge is -2.09. The van der Waals surface area contributed by atoms with E-state index in [1.54, 1.807) is 18.2 Å². The van der Waals surface area contributed by atoms with Crippen LogP contribution in [0.4, 0.5) is 5.69 Å². The van der Waals surface area contributed by atoms with Gasteiger partial charge in [-0.15, -0.1) is 0 Å². The van der Waals surface area contributed by atoms with Gasteiger partial charge in [0.15, 0.2) is 11.5 Å². The summed E-state index contributed by atoms with van der Waals surface area (Å²) in [6.45, 7) is 0. The van der Waals surface area contributed by atoms with E-state index in [1.165, 1.54) is 26.4 Å². The Kier molecular flexibility index (Phi) is 3.49. The number of hydrogen-bond donors (Lipinski definition) is 2. The molecule has 0 saturated carbocycles. The molecule has 118 valence electrons. The van der Waals surface area contributed by atoms with Crippen molar-refractivity contribution >= 4 is 16.7 Å². The van der Waals surface area contributed by atoms with Crippen LogP contribution in [-0.2, 0) is 0 Å². The smallest absolute Gasteiger partial charge is 0.271 e. The van der Waals surface area contributed by atoms with Gasteiger partial charge in [-0.1, -0.05) is 0 Å². The number of nitro benzene ring substituents is 1. The van der Waals surface area contributed by atoms with E-state index in [0.29, 0.717) is 22.4 Å². The molecule has 1 aromatic heterocycles. The fourth-order valence-corrected chi connectivity index (χ4v) is 2.27. The van der Waals surface area contributed by atoms with Crippen LogP contribution in [0.25, 0.3) is 22.4 Å². The molecular formula is C15H13N3O5. The molecule has 0 aliphatic carbocycles. The number of imidazole rings is 1. The molecule has 0 atom stereocenters. The summed E-state index contributed by atoms with van der Waals surface area (Å²) in [6, 6.07) is 7.60. The van der Waals surface area contributed by atoms with Gasteiger partial charge in [0, 0.05) is 17.7 Å². The first-order valence-electron chi connectivity index (χ1n) is 6.63. The average molecular weight is 315 g/mol. The molecule has 23 heavy (non-hydrogen) atoms. The van der Waals surface area contributed by atoms with E-state index in [-0.39, 0.29) is 22.9 Å². The standard InChI is InChI=1S/C15H13N3O5/c1-22-12-5-8(6-13(23-2)14(12)19)15-16-10-4-3-9(18(20)21)7-11(10)17-15/h3-7,19H,1-2H3,(H,16,17). The molecule has 0 aliphatic heterocycles. The highest BCUT2D eigenvalue weighted by atomic mass is 16.6. The fourth-order valence-electron chi connectivity index (χ4n) is 2.27. The Bertz CT molecular complexity index is 878. The quantitative estimate of drug-likeness (QED) is 0.566. The molecule has 3 rings (SSSR count). The second kappa shape index (κ2) is 5.48. The minimum atomic E-state index is -0.472. The van der Waals surface area contributed by atoms with Gasteiger partial charge in [0.25, 0.3) is 5.69 Å². The van der Waals surface area contributed by atoms with Gasteiger partial charge in [-0.3, -0.25) is 10.1 Å². The number of phenolic OH excluding ortho intramolecular Hbond substituents is 1. The van der Waals surface area contributed by atoms with Gasteiger partial charge in [0.05, 0.1) is 30.2 Å². The first-order chi connectivity index (χ1) is 11.0. The Balaban J connectivity index is 2.14. The third-order valence-corrected chi connectivity index (χ3v) is 3.43. The predicted octanol–water partition coefficient (Wildman–Crippen LogP) is 2.86. The number of methoxy groups -OCH3 is 2. The summed E-state index contributed by atoms with van der Waals surface area (Å²) >= 11 is 0. The molecule has 8 heteroatoms. The number of nitrogens with zero attached hydrogens (tertiary/aromatic N) is 2. The van der Waals surface area contributed by atoms with Gasteiger partial charge in [-0.2, -0.15) is 0 Å². The van der Waals surface area contributed by atoms with Gasteiger partial charge in [-0.05, 0) is 18.2 Å². The molecule has 0 radical (unpaired) electrons. The number of ether oxygens (including phenoxy) is 2. The molecule has 2 aromatic carbocycles. The lowest BCUT2D eigenvalue weighted by atomic mass is 10.1. The molecule has 8 nitrogen and oxygen atoms in total. The number of rotatable bonds is 4. The fraction of sp³-hybridized carbons (Fsp3) is 0.133. The van der Waals surface area contributed by atoms with Gasteiger partial charge < -0.3 is 19.6 Å². The molecule has 0 amide bonds. The zero-order valence-corrected chi connectivity index (χ0v) is 12.4. The number of aromatic nitrogens is 2. The molecule has 0 spiro atoms. The van der Waals surface area contributed by atoms with E-state index in [4.69, 9.17) is 9.47 Å². The second-order valence-corrected chi connectivity index (χ2v) is 4.77. The maximum Gasteiger partial charge on any atom is 0.271 e. The van der Waals surface area contributed by atoms with Gasteiger partial charge in [-0.25, -0.2) is 4.98 Å². The largest absolute Gasteiger partial charge is 0.502 e. The maximum absolute atomic E-state index is 10.8. The number of nitro groups is 1. The topological polar surface area (TPSA) is 111 Å². The number of aromatic amines is 1. The molecule has 0 unspecified atom stereocenters. The monoisotopic (exact) mass is 315 g/mol. The third-order valence-electron chi connectivity index (χ3n) is 3.43. The first kappa shape index (κ1) is 14.6. The molecule has 0 fully saturated rings.